The largest absolute Gasteiger partial charge is 0.573 e. The van der Waals surface area contributed by atoms with Crippen molar-refractivity contribution in [2.24, 2.45) is 0 Å². The lowest BCUT2D eigenvalue weighted by Gasteiger charge is -2.13. The number of imidazole rings is 1. The Kier molecular flexibility index (Phi) is 4.94. The van der Waals surface area contributed by atoms with Crippen molar-refractivity contribution in [2.75, 3.05) is 5.32 Å². The van der Waals surface area contributed by atoms with Crippen LogP contribution in [-0.2, 0) is 0 Å². The highest BCUT2D eigenvalue weighted by Gasteiger charge is 2.32. The lowest BCUT2D eigenvalue weighted by Crippen LogP contribution is -2.19. The number of fused-ring (bicyclic) bond motifs is 1. The number of para-hydroxylation sites is 2. The van der Waals surface area contributed by atoms with Crippen LogP contribution in [0.1, 0.15) is 15.4 Å². The third-order valence-corrected chi connectivity index (χ3v) is 5.42. The normalized spacial score (nSPS) is 11.6. The fourth-order valence-corrected chi connectivity index (χ4v) is 3.89. The van der Waals surface area contributed by atoms with E-state index in [9.17, 15) is 22.4 Å². The Morgan fingerprint density at radius 2 is 1.83 bits per heavy atom. The molecule has 0 aliphatic carbocycles. The van der Waals surface area contributed by atoms with Gasteiger partial charge in [0.1, 0.15) is 10.7 Å². The molecule has 30 heavy (non-hydrogen) atoms. The first kappa shape index (κ1) is 19.9. The van der Waals surface area contributed by atoms with E-state index in [1.165, 1.54) is 30.3 Å². The van der Waals surface area contributed by atoms with Crippen LogP contribution in [0.3, 0.4) is 0 Å². The highest BCUT2D eigenvalue weighted by atomic mass is 32.1. The molecule has 4 rings (SSSR count). The highest BCUT2D eigenvalue weighted by Crippen LogP contribution is 2.32. The maximum absolute atomic E-state index is 13.1. The average Bonchev–Trinajstić information content (AvgIpc) is 3.22. The number of benzene rings is 2. The minimum absolute atomic E-state index is 0.0998. The van der Waals surface area contributed by atoms with Crippen molar-refractivity contribution >= 4 is 27.9 Å². The molecule has 10 heteroatoms. The van der Waals surface area contributed by atoms with Gasteiger partial charge in [-0.3, -0.25) is 9.20 Å². The van der Waals surface area contributed by atoms with E-state index in [4.69, 9.17) is 0 Å². The summed E-state index contributed by atoms with van der Waals surface area (Å²) in [5.41, 5.74) is 1.80. The zero-order valence-corrected chi connectivity index (χ0v) is 16.1. The Bertz CT molecular complexity index is 1230. The van der Waals surface area contributed by atoms with Crippen LogP contribution in [0, 0.1) is 12.7 Å². The van der Waals surface area contributed by atoms with Crippen LogP contribution in [0.25, 0.3) is 16.2 Å². The Morgan fingerprint density at radius 3 is 2.50 bits per heavy atom. The van der Waals surface area contributed by atoms with Crippen molar-refractivity contribution in [3.05, 3.63) is 71.1 Å². The van der Waals surface area contributed by atoms with Gasteiger partial charge in [-0.25, -0.2) is 9.37 Å². The molecule has 0 aliphatic rings. The number of hydrogen-bond donors (Lipinski definition) is 1. The molecule has 154 valence electrons. The van der Waals surface area contributed by atoms with Gasteiger partial charge in [-0.05, 0) is 43.3 Å². The molecule has 0 saturated heterocycles. The van der Waals surface area contributed by atoms with Gasteiger partial charge in [-0.15, -0.1) is 13.2 Å². The Hall–Kier alpha value is -3.40. The number of aryl methyl sites for hydroxylation is 1. The van der Waals surface area contributed by atoms with E-state index in [1.807, 2.05) is 0 Å². The van der Waals surface area contributed by atoms with E-state index in [-0.39, 0.29) is 11.5 Å². The number of carbonyl (C=O) groups is 1. The predicted molar refractivity (Wildman–Crippen MR) is 104 cm³/mol. The quantitative estimate of drug-likeness (QED) is 0.421. The molecule has 0 unspecified atom stereocenters. The number of aromatic nitrogens is 2. The van der Waals surface area contributed by atoms with Crippen LogP contribution >= 0.6 is 11.3 Å². The van der Waals surface area contributed by atoms with Gasteiger partial charge in [-0.1, -0.05) is 23.5 Å². The molecule has 0 spiro atoms. The molecule has 0 aliphatic heterocycles. The number of nitrogens with zero attached hydrogens (tertiary/aromatic N) is 2. The summed E-state index contributed by atoms with van der Waals surface area (Å²) >= 11 is 1.09. The topological polar surface area (TPSA) is 55.6 Å². The lowest BCUT2D eigenvalue weighted by molar-refractivity contribution is -0.274. The van der Waals surface area contributed by atoms with Crippen LogP contribution in [0.4, 0.5) is 23.2 Å². The second kappa shape index (κ2) is 7.45. The summed E-state index contributed by atoms with van der Waals surface area (Å²) in [6.45, 7) is 1.70. The molecule has 0 saturated carbocycles. The van der Waals surface area contributed by atoms with E-state index in [0.29, 0.717) is 21.2 Å². The van der Waals surface area contributed by atoms with Gasteiger partial charge < -0.3 is 10.1 Å². The van der Waals surface area contributed by atoms with Crippen LogP contribution in [0.5, 0.6) is 5.75 Å². The lowest BCUT2D eigenvalue weighted by atomic mass is 10.2. The van der Waals surface area contributed by atoms with Gasteiger partial charge in [0.05, 0.1) is 11.4 Å². The number of thiazole rings is 1. The maximum atomic E-state index is 13.1. The number of anilines is 1. The number of alkyl halides is 3. The number of rotatable bonds is 4. The highest BCUT2D eigenvalue weighted by molar-refractivity contribution is 7.19. The minimum Gasteiger partial charge on any atom is -0.404 e. The molecule has 2 heterocycles. The molecule has 2 aromatic carbocycles. The van der Waals surface area contributed by atoms with Crippen LogP contribution in [0.2, 0.25) is 0 Å². The number of ether oxygens (including phenoxy) is 1. The van der Waals surface area contributed by atoms with Gasteiger partial charge in [0, 0.05) is 17.5 Å². The molecule has 0 bridgehead atoms. The second-order valence-electron chi connectivity index (χ2n) is 6.30. The predicted octanol–water partition coefficient (Wildman–Crippen LogP) is 5.66. The van der Waals surface area contributed by atoms with Crippen molar-refractivity contribution in [1.29, 1.82) is 0 Å². The monoisotopic (exact) mass is 435 g/mol. The first-order valence-electron chi connectivity index (χ1n) is 8.62. The fraction of sp³-hybridized carbons (Fsp3) is 0.100. The summed E-state index contributed by atoms with van der Waals surface area (Å²) in [7, 11) is 0. The SMILES string of the molecule is Cc1c(C(=O)Nc2ccccc2OC(F)(F)F)sc2nc(-c3ccc(F)cc3)cn12. The van der Waals surface area contributed by atoms with Crippen molar-refractivity contribution in [2.45, 2.75) is 13.3 Å². The number of hydrogen-bond acceptors (Lipinski definition) is 4. The smallest absolute Gasteiger partial charge is 0.404 e. The third-order valence-electron chi connectivity index (χ3n) is 4.26. The van der Waals surface area contributed by atoms with E-state index < -0.39 is 18.0 Å². The first-order valence-corrected chi connectivity index (χ1v) is 9.43. The third kappa shape index (κ3) is 3.99. The van der Waals surface area contributed by atoms with E-state index in [0.717, 1.165) is 23.0 Å². The molecule has 2 aromatic heterocycles. The van der Waals surface area contributed by atoms with E-state index >= 15 is 0 Å². The zero-order valence-electron chi connectivity index (χ0n) is 15.3. The molecule has 1 N–H and O–H groups in total. The van der Waals surface area contributed by atoms with Gasteiger partial charge in [0.15, 0.2) is 10.7 Å². The Balaban J connectivity index is 1.61. The molecule has 0 atom stereocenters. The Morgan fingerprint density at radius 1 is 1.13 bits per heavy atom. The summed E-state index contributed by atoms with van der Waals surface area (Å²) in [6.07, 6.45) is -3.16. The van der Waals surface area contributed by atoms with Crippen molar-refractivity contribution in [3.8, 4) is 17.0 Å². The van der Waals surface area contributed by atoms with Crippen molar-refractivity contribution in [3.63, 3.8) is 0 Å². The Labute approximate surface area is 171 Å². The molecular weight excluding hydrogens is 422 g/mol. The molecule has 1 amide bonds. The fourth-order valence-electron chi connectivity index (χ4n) is 2.88. The summed E-state index contributed by atoms with van der Waals surface area (Å²) in [4.78, 5) is 18.0. The second-order valence-corrected chi connectivity index (χ2v) is 7.28. The standard InChI is InChI=1S/C20H13F4N3O2S/c1-11-17(18(28)25-14-4-2-3-5-16(14)29-20(22,23)24)30-19-26-15(10-27(11)19)12-6-8-13(21)9-7-12/h2-10H,1H3,(H,25,28). The number of amides is 1. The molecule has 0 fully saturated rings. The minimum atomic E-state index is -4.88. The molecule has 4 aromatic rings. The number of carbonyl (C=O) groups excluding carboxylic acids is 1. The number of nitrogens with one attached hydrogen (secondary N) is 1. The van der Waals surface area contributed by atoms with Gasteiger partial charge >= 0.3 is 6.36 Å². The maximum Gasteiger partial charge on any atom is 0.573 e. The average molecular weight is 435 g/mol. The van der Waals surface area contributed by atoms with Crippen LogP contribution in [-0.4, -0.2) is 21.7 Å². The summed E-state index contributed by atoms with van der Waals surface area (Å²) in [5.74, 6) is -1.44. The molecule has 5 nitrogen and oxygen atoms in total. The van der Waals surface area contributed by atoms with E-state index in [2.05, 4.69) is 15.0 Å². The zero-order chi connectivity index (χ0) is 21.5. The van der Waals surface area contributed by atoms with Gasteiger partial charge in [0.25, 0.3) is 5.91 Å². The van der Waals surface area contributed by atoms with Crippen LogP contribution in [0.15, 0.2) is 54.7 Å². The molecular formula is C20H13F4N3O2S. The first-order chi connectivity index (χ1) is 14.2. The summed E-state index contributed by atoms with van der Waals surface area (Å²) in [6, 6.07) is 11.2. The van der Waals surface area contributed by atoms with Gasteiger partial charge in [0.2, 0.25) is 0 Å². The number of halogens is 4. The summed E-state index contributed by atoms with van der Waals surface area (Å²) < 4.78 is 56.5. The van der Waals surface area contributed by atoms with Crippen molar-refractivity contribution < 1.29 is 27.1 Å². The van der Waals surface area contributed by atoms with E-state index in [1.54, 1.807) is 29.7 Å². The molecule has 0 radical (unpaired) electrons. The van der Waals surface area contributed by atoms with Crippen LogP contribution < -0.4 is 10.1 Å². The van der Waals surface area contributed by atoms with Gasteiger partial charge in [-0.2, -0.15) is 0 Å². The summed E-state index contributed by atoms with van der Waals surface area (Å²) in [5, 5.41) is 2.46. The van der Waals surface area contributed by atoms with Crippen molar-refractivity contribution in [1.82, 2.24) is 9.38 Å².